The molecule has 1 aromatic carbocycles. The summed E-state index contributed by atoms with van der Waals surface area (Å²) in [5.41, 5.74) is 1.41. The molecule has 6 nitrogen and oxygen atoms in total. The van der Waals surface area contributed by atoms with Gasteiger partial charge in [-0.1, -0.05) is 30.3 Å². The summed E-state index contributed by atoms with van der Waals surface area (Å²) in [6.45, 7) is 3.59. The van der Waals surface area contributed by atoms with Gasteiger partial charge >= 0.3 is 0 Å². The molecule has 0 radical (unpaired) electrons. The van der Waals surface area contributed by atoms with Gasteiger partial charge in [-0.05, 0) is 26.6 Å². The van der Waals surface area contributed by atoms with Crippen LogP contribution in [0.4, 0.5) is 5.82 Å². The molecule has 0 saturated heterocycles. The Balaban J connectivity index is 1.96. The Morgan fingerprint density at radius 2 is 1.96 bits per heavy atom. The second kappa shape index (κ2) is 8.24. The molecule has 6 heteroatoms. The molecular formula is C17H23N5O. The van der Waals surface area contributed by atoms with Gasteiger partial charge in [0, 0.05) is 19.2 Å². The molecule has 1 aromatic heterocycles. The molecule has 23 heavy (non-hydrogen) atoms. The third-order valence-corrected chi connectivity index (χ3v) is 3.41. The van der Waals surface area contributed by atoms with Gasteiger partial charge in [0.15, 0.2) is 0 Å². The standard InChI is InChI=1S/C17H23N5O/c1-13(14-7-5-4-6-8-14)21-17(23)15-11-16(20-12-19-15)18-9-10-22(2)3/h4-8,11-13H,9-10H2,1-3H3,(H,21,23)(H,18,19,20). The van der Waals surface area contributed by atoms with Crippen molar-refractivity contribution in [1.82, 2.24) is 20.2 Å². The number of hydrogen-bond acceptors (Lipinski definition) is 5. The maximum atomic E-state index is 12.3. The lowest BCUT2D eigenvalue weighted by molar-refractivity contribution is 0.0934. The Bertz CT molecular complexity index is 630. The minimum absolute atomic E-state index is 0.0798. The van der Waals surface area contributed by atoms with Crippen molar-refractivity contribution in [3.05, 3.63) is 54.0 Å². The molecule has 1 heterocycles. The number of nitrogens with zero attached hydrogens (tertiary/aromatic N) is 3. The fourth-order valence-electron chi connectivity index (χ4n) is 2.08. The SMILES string of the molecule is CC(NC(=O)c1cc(NCCN(C)C)ncn1)c1ccccc1. The first kappa shape index (κ1) is 16.9. The second-order valence-corrected chi connectivity index (χ2v) is 5.62. The Labute approximate surface area is 137 Å². The molecule has 0 fully saturated rings. The van der Waals surface area contributed by atoms with Crippen LogP contribution in [0.25, 0.3) is 0 Å². The molecule has 0 aliphatic heterocycles. The van der Waals surface area contributed by atoms with E-state index in [0.717, 1.165) is 18.7 Å². The third kappa shape index (κ3) is 5.34. The van der Waals surface area contributed by atoms with Crippen LogP contribution < -0.4 is 10.6 Å². The molecule has 1 atom stereocenters. The second-order valence-electron chi connectivity index (χ2n) is 5.62. The zero-order valence-corrected chi connectivity index (χ0v) is 13.8. The van der Waals surface area contributed by atoms with Gasteiger partial charge in [0.2, 0.25) is 0 Å². The van der Waals surface area contributed by atoms with Gasteiger partial charge in [-0.2, -0.15) is 0 Å². The average molecular weight is 313 g/mol. The molecular weight excluding hydrogens is 290 g/mol. The Kier molecular flexibility index (Phi) is 6.05. The smallest absolute Gasteiger partial charge is 0.270 e. The molecule has 1 amide bonds. The van der Waals surface area contributed by atoms with Crippen molar-refractivity contribution in [2.45, 2.75) is 13.0 Å². The molecule has 122 valence electrons. The third-order valence-electron chi connectivity index (χ3n) is 3.41. The first-order valence-corrected chi connectivity index (χ1v) is 7.62. The predicted molar refractivity (Wildman–Crippen MR) is 91.4 cm³/mol. The number of carbonyl (C=O) groups excluding carboxylic acids is 1. The lowest BCUT2D eigenvalue weighted by Crippen LogP contribution is -2.27. The predicted octanol–water partition coefficient (Wildman–Crippen LogP) is 1.94. The number of likely N-dealkylation sites (N-methyl/N-ethyl adjacent to an activating group) is 1. The summed E-state index contributed by atoms with van der Waals surface area (Å²) in [5, 5.41) is 6.13. The molecule has 2 rings (SSSR count). The van der Waals surface area contributed by atoms with Crippen molar-refractivity contribution in [1.29, 1.82) is 0 Å². The maximum Gasteiger partial charge on any atom is 0.270 e. The van der Waals surface area contributed by atoms with Crippen molar-refractivity contribution >= 4 is 11.7 Å². The zero-order valence-electron chi connectivity index (χ0n) is 13.8. The van der Waals surface area contributed by atoms with E-state index >= 15 is 0 Å². The summed E-state index contributed by atoms with van der Waals surface area (Å²) in [6, 6.07) is 11.4. The minimum Gasteiger partial charge on any atom is -0.369 e. The van der Waals surface area contributed by atoms with Gasteiger partial charge in [-0.3, -0.25) is 4.79 Å². The molecule has 0 bridgehead atoms. The molecule has 0 aliphatic carbocycles. The zero-order chi connectivity index (χ0) is 16.7. The van der Waals surface area contributed by atoms with Gasteiger partial charge in [-0.25, -0.2) is 9.97 Å². The number of amides is 1. The number of rotatable bonds is 7. The molecule has 0 aliphatic rings. The van der Waals surface area contributed by atoms with E-state index in [1.165, 1.54) is 6.33 Å². The summed E-state index contributed by atoms with van der Waals surface area (Å²) in [4.78, 5) is 22.6. The van der Waals surface area contributed by atoms with Gasteiger partial charge in [0.25, 0.3) is 5.91 Å². The van der Waals surface area contributed by atoms with E-state index in [4.69, 9.17) is 0 Å². The van der Waals surface area contributed by atoms with Crippen LogP contribution >= 0.6 is 0 Å². The highest BCUT2D eigenvalue weighted by atomic mass is 16.1. The monoisotopic (exact) mass is 313 g/mol. The fourth-order valence-corrected chi connectivity index (χ4v) is 2.08. The van der Waals surface area contributed by atoms with Crippen molar-refractivity contribution in [2.75, 3.05) is 32.5 Å². The lowest BCUT2D eigenvalue weighted by atomic mass is 10.1. The highest BCUT2D eigenvalue weighted by molar-refractivity contribution is 5.93. The average Bonchev–Trinajstić information content (AvgIpc) is 2.55. The Hall–Kier alpha value is -2.47. The minimum atomic E-state index is -0.209. The van der Waals surface area contributed by atoms with Crippen molar-refractivity contribution in [2.24, 2.45) is 0 Å². The summed E-state index contributed by atoms with van der Waals surface area (Å²) >= 11 is 0. The van der Waals surface area contributed by atoms with Crippen molar-refractivity contribution < 1.29 is 4.79 Å². The first-order valence-electron chi connectivity index (χ1n) is 7.62. The van der Waals surface area contributed by atoms with E-state index in [1.54, 1.807) is 6.07 Å². The highest BCUT2D eigenvalue weighted by Gasteiger charge is 2.13. The van der Waals surface area contributed by atoms with E-state index < -0.39 is 0 Å². The highest BCUT2D eigenvalue weighted by Crippen LogP contribution is 2.12. The summed E-state index contributed by atoms with van der Waals surface area (Å²) in [6.07, 6.45) is 1.40. The van der Waals surface area contributed by atoms with Crippen LogP contribution in [0.1, 0.15) is 29.0 Å². The van der Waals surface area contributed by atoms with Crippen LogP contribution in [-0.2, 0) is 0 Å². The summed E-state index contributed by atoms with van der Waals surface area (Å²) in [5.74, 6) is 0.443. The quantitative estimate of drug-likeness (QED) is 0.817. The normalized spacial score (nSPS) is 12.0. The molecule has 2 aromatic rings. The van der Waals surface area contributed by atoms with Crippen LogP contribution in [0.3, 0.4) is 0 Å². The van der Waals surface area contributed by atoms with E-state index in [0.29, 0.717) is 11.5 Å². The number of benzene rings is 1. The van der Waals surface area contributed by atoms with Gasteiger partial charge in [0.05, 0.1) is 6.04 Å². The number of carbonyl (C=O) groups is 1. The topological polar surface area (TPSA) is 70.2 Å². The number of anilines is 1. The molecule has 2 N–H and O–H groups in total. The maximum absolute atomic E-state index is 12.3. The van der Waals surface area contributed by atoms with Crippen LogP contribution in [0, 0.1) is 0 Å². The van der Waals surface area contributed by atoms with Crippen LogP contribution in [0.15, 0.2) is 42.7 Å². The summed E-state index contributed by atoms with van der Waals surface area (Å²) < 4.78 is 0. The lowest BCUT2D eigenvalue weighted by Gasteiger charge is -2.14. The number of aromatic nitrogens is 2. The van der Waals surface area contributed by atoms with Gasteiger partial charge in [-0.15, -0.1) is 0 Å². The van der Waals surface area contributed by atoms with Crippen LogP contribution in [0.2, 0.25) is 0 Å². The van der Waals surface area contributed by atoms with Crippen LogP contribution in [-0.4, -0.2) is 48.0 Å². The first-order chi connectivity index (χ1) is 11.1. The molecule has 1 unspecified atom stereocenters. The molecule has 0 saturated carbocycles. The van der Waals surface area contributed by atoms with E-state index in [-0.39, 0.29) is 11.9 Å². The van der Waals surface area contributed by atoms with E-state index in [1.807, 2.05) is 51.4 Å². The van der Waals surface area contributed by atoms with Gasteiger partial charge in [0.1, 0.15) is 17.8 Å². The number of hydrogen-bond donors (Lipinski definition) is 2. The summed E-state index contributed by atoms with van der Waals surface area (Å²) in [7, 11) is 4.01. The van der Waals surface area contributed by atoms with E-state index in [9.17, 15) is 4.79 Å². The molecule has 0 spiro atoms. The fraction of sp³-hybridized carbons (Fsp3) is 0.353. The largest absolute Gasteiger partial charge is 0.369 e. The van der Waals surface area contributed by atoms with Gasteiger partial charge < -0.3 is 15.5 Å². The Morgan fingerprint density at radius 3 is 2.65 bits per heavy atom. The number of nitrogens with one attached hydrogen (secondary N) is 2. The van der Waals surface area contributed by atoms with E-state index in [2.05, 4.69) is 25.5 Å². The Morgan fingerprint density at radius 1 is 1.22 bits per heavy atom. The van der Waals surface area contributed by atoms with Crippen molar-refractivity contribution in [3.8, 4) is 0 Å². The van der Waals surface area contributed by atoms with Crippen molar-refractivity contribution in [3.63, 3.8) is 0 Å². The van der Waals surface area contributed by atoms with Crippen LogP contribution in [0.5, 0.6) is 0 Å².